The number of rotatable bonds is 3. The number of nitrogens with zero attached hydrogens (tertiary/aromatic N) is 2. The van der Waals surface area contributed by atoms with Crippen LogP contribution in [0.2, 0.25) is 0 Å². The molecule has 0 aliphatic heterocycles. The Morgan fingerprint density at radius 1 is 1.18 bits per heavy atom. The van der Waals surface area contributed by atoms with E-state index in [0.717, 1.165) is 11.3 Å². The number of aromatic nitrogens is 2. The third-order valence-corrected chi connectivity index (χ3v) is 3.20. The topological polar surface area (TPSA) is 46.0 Å². The number of benzene rings is 1. The molecule has 3 nitrogen and oxygen atoms in total. The summed E-state index contributed by atoms with van der Waals surface area (Å²) in [5.74, 6) is 0. The van der Waals surface area contributed by atoms with Crippen molar-refractivity contribution < 1.29 is 5.11 Å². The molecule has 0 radical (unpaired) electrons. The Labute approximate surface area is 114 Å². The Balaban J connectivity index is 2.08. The van der Waals surface area contributed by atoms with Crippen molar-refractivity contribution in [3.63, 3.8) is 0 Å². The molecule has 17 heavy (non-hydrogen) atoms. The molecule has 1 aromatic heterocycles. The molecular formula is C13H13IN2O. The largest absolute Gasteiger partial charge is 0.386 e. The van der Waals surface area contributed by atoms with Crippen LogP contribution < -0.4 is 0 Å². The second kappa shape index (κ2) is 5.55. The summed E-state index contributed by atoms with van der Waals surface area (Å²) in [6, 6.07) is 8.10. The molecule has 0 saturated heterocycles. The van der Waals surface area contributed by atoms with Crippen LogP contribution in [0.25, 0.3) is 0 Å². The van der Waals surface area contributed by atoms with E-state index in [1.54, 1.807) is 12.4 Å². The van der Waals surface area contributed by atoms with Crippen LogP contribution in [0.4, 0.5) is 0 Å². The van der Waals surface area contributed by atoms with E-state index in [2.05, 4.69) is 32.6 Å². The predicted octanol–water partition coefficient (Wildman–Crippen LogP) is 2.67. The molecule has 0 amide bonds. The average Bonchev–Trinajstić information content (AvgIpc) is 2.33. The Morgan fingerprint density at radius 2 is 1.88 bits per heavy atom. The fourth-order valence-corrected chi connectivity index (χ4v) is 1.88. The second-order valence-corrected chi connectivity index (χ2v) is 5.17. The van der Waals surface area contributed by atoms with E-state index in [1.165, 1.54) is 3.57 Å². The van der Waals surface area contributed by atoms with Crippen molar-refractivity contribution in [3.05, 3.63) is 57.2 Å². The van der Waals surface area contributed by atoms with Crippen molar-refractivity contribution in [3.8, 4) is 0 Å². The van der Waals surface area contributed by atoms with Gasteiger partial charge in [-0.2, -0.15) is 0 Å². The highest BCUT2D eigenvalue weighted by atomic mass is 127. The van der Waals surface area contributed by atoms with Crippen molar-refractivity contribution in [1.82, 2.24) is 9.97 Å². The minimum absolute atomic E-state index is 0.564. The lowest BCUT2D eigenvalue weighted by Crippen LogP contribution is -2.05. The smallest absolute Gasteiger partial charge is 0.102 e. The summed E-state index contributed by atoms with van der Waals surface area (Å²) in [4.78, 5) is 8.31. The van der Waals surface area contributed by atoms with E-state index in [0.29, 0.717) is 12.1 Å². The fraction of sp³-hybridized carbons (Fsp3) is 0.231. The van der Waals surface area contributed by atoms with Gasteiger partial charge in [0, 0.05) is 16.2 Å². The zero-order chi connectivity index (χ0) is 12.3. The first-order chi connectivity index (χ1) is 8.15. The Bertz CT molecular complexity index is 482. The number of hydrogen-bond acceptors (Lipinski definition) is 3. The molecule has 1 aromatic carbocycles. The van der Waals surface area contributed by atoms with E-state index in [1.807, 2.05) is 31.2 Å². The first-order valence-corrected chi connectivity index (χ1v) is 6.44. The number of aryl methyl sites for hydroxylation is 1. The summed E-state index contributed by atoms with van der Waals surface area (Å²) >= 11 is 2.26. The van der Waals surface area contributed by atoms with Crippen molar-refractivity contribution in [2.75, 3.05) is 0 Å². The zero-order valence-electron chi connectivity index (χ0n) is 9.47. The van der Waals surface area contributed by atoms with Crippen LogP contribution >= 0.6 is 22.6 Å². The van der Waals surface area contributed by atoms with Crippen LogP contribution in [-0.2, 0) is 6.42 Å². The molecule has 4 heteroatoms. The van der Waals surface area contributed by atoms with Gasteiger partial charge in [-0.05, 0) is 47.2 Å². The summed E-state index contributed by atoms with van der Waals surface area (Å²) in [5, 5.41) is 10.0. The van der Waals surface area contributed by atoms with Crippen molar-refractivity contribution >= 4 is 22.6 Å². The quantitative estimate of drug-likeness (QED) is 0.874. The lowest BCUT2D eigenvalue weighted by atomic mass is 10.1. The van der Waals surface area contributed by atoms with Gasteiger partial charge in [0.25, 0.3) is 0 Å². The van der Waals surface area contributed by atoms with Gasteiger partial charge in [0.15, 0.2) is 0 Å². The van der Waals surface area contributed by atoms with E-state index < -0.39 is 6.10 Å². The lowest BCUT2D eigenvalue weighted by molar-refractivity contribution is 0.173. The number of hydrogen-bond donors (Lipinski definition) is 1. The molecule has 1 unspecified atom stereocenters. The summed E-state index contributed by atoms with van der Waals surface area (Å²) < 4.78 is 1.19. The second-order valence-electron chi connectivity index (χ2n) is 3.93. The first-order valence-electron chi connectivity index (χ1n) is 5.36. The SMILES string of the molecule is Cc1cnc(C(O)Cc2ccc(I)cc2)cn1. The molecule has 0 aliphatic carbocycles. The summed E-state index contributed by atoms with van der Waals surface area (Å²) in [6.45, 7) is 1.88. The lowest BCUT2D eigenvalue weighted by Gasteiger charge is -2.09. The van der Waals surface area contributed by atoms with Crippen molar-refractivity contribution in [2.24, 2.45) is 0 Å². The van der Waals surface area contributed by atoms with Gasteiger partial charge in [-0.25, -0.2) is 0 Å². The van der Waals surface area contributed by atoms with E-state index in [9.17, 15) is 5.11 Å². The van der Waals surface area contributed by atoms with Gasteiger partial charge in [-0.15, -0.1) is 0 Å². The fourth-order valence-electron chi connectivity index (χ4n) is 1.52. The molecule has 1 N–H and O–H groups in total. The molecule has 2 rings (SSSR count). The molecule has 0 bridgehead atoms. The van der Waals surface area contributed by atoms with Crippen LogP contribution in [0.3, 0.4) is 0 Å². The molecule has 0 aliphatic rings. The Kier molecular flexibility index (Phi) is 4.06. The number of halogens is 1. The maximum absolute atomic E-state index is 10.0. The van der Waals surface area contributed by atoms with Crippen LogP contribution in [0, 0.1) is 10.5 Å². The third-order valence-electron chi connectivity index (χ3n) is 2.48. The van der Waals surface area contributed by atoms with E-state index >= 15 is 0 Å². The Morgan fingerprint density at radius 3 is 2.47 bits per heavy atom. The molecule has 1 heterocycles. The third kappa shape index (κ3) is 3.47. The normalized spacial score (nSPS) is 12.4. The van der Waals surface area contributed by atoms with Gasteiger partial charge in [-0.3, -0.25) is 9.97 Å². The predicted molar refractivity (Wildman–Crippen MR) is 74.6 cm³/mol. The van der Waals surface area contributed by atoms with Crippen LogP contribution in [0.15, 0.2) is 36.7 Å². The van der Waals surface area contributed by atoms with Crippen molar-refractivity contribution in [2.45, 2.75) is 19.4 Å². The molecule has 0 fully saturated rings. The van der Waals surface area contributed by atoms with Crippen LogP contribution in [-0.4, -0.2) is 15.1 Å². The zero-order valence-corrected chi connectivity index (χ0v) is 11.6. The van der Waals surface area contributed by atoms with Crippen LogP contribution in [0.5, 0.6) is 0 Å². The van der Waals surface area contributed by atoms with Gasteiger partial charge in [0.1, 0.15) is 6.10 Å². The van der Waals surface area contributed by atoms with Gasteiger partial charge >= 0.3 is 0 Å². The summed E-state index contributed by atoms with van der Waals surface area (Å²) in [6.07, 6.45) is 3.27. The molecular weight excluding hydrogens is 327 g/mol. The van der Waals surface area contributed by atoms with E-state index in [4.69, 9.17) is 0 Å². The minimum Gasteiger partial charge on any atom is -0.386 e. The number of aliphatic hydroxyl groups is 1. The van der Waals surface area contributed by atoms with Crippen LogP contribution in [0.1, 0.15) is 23.1 Å². The maximum atomic E-state index is 10.0. The highest BCUT2D eigenvalue weighted by Gasteiger charge is 2.10. The standard InChI is InChI=1S/C13H13IN2O/c1-9-7-16-12(8-15-9)13(17)6-10-2-4-11(14)5-3-10/h2-5,7-8,13,17H,6H2,1H3. The highest BCUT2D eigenvalue weighted by molar-refractivity contribution is 14.1. The summed E-state index contributed by atoms with van der Waals surface area (Å²) in [5.41, 5.74) is 2.57. The maximum Gasteiger partial charge on any atom is 0.102 e. The molecule has 0 spiro atoms. The van der Waals surface area contributed by atoms with Crippen molar-refractivity contribution in [1.29, 1.82) is 0 Å². The van der Waals surface area contributed by atoms with Gasteiger partial charge in [0.05, 0.1) is 17.6 Å². The van der Waals surface area contributed by atoms with Gasteiger partial charge in [-0.1, -0.05) is 12.1 Å². The van der Waals surface area contributed by atoms with Gasteiger partial charge < -0.3 is 5.11 Å². The van der Waals surface area contributed by atoms with Gasteiger partial charge in [0.2, 0.25) is 0 Å². The first kappa shape index (κ1) is 12.4. The molecule has 2 aromatic rings. The van der Waals surface area contributed by atoms with E-state index in [-0.39, 0.29) is 0 Å². The minimum atomic E-state index is -0.594. The number of aliphatic hydroxyl groups excluding tert-OH is 1. The average molecular weight is 340 g/mol. The Hall–Kier alpha value is -1.01. The molecule has 1 atom stereocenters. The molecule has 0 saturated carbocycles. The molecule has 88 valence electrons. The monoisotopic (exact) mass is 340 g/mol. The highest BCUT2D eigenvalue weighted by Crippen LogP contribution is 2.16. The summed E-state index contributed by atoms with van der Waals surface area (Å²) in [7, 11) is 0.